The first-order chi connectivity index (χ1) is 7.38. The zero-order valence-electron chi connectivity index (χ0n) is 9.87. The lowest BCUT2D eigenvalue weighted by Crippen LogP contribution is -2.31. The van der Waals surface area contributed by atoms with Gasteiger partial charge >= 0.3 is 0 Å². The Morgan fingerprint density at radius 1 is 1.13 bits per heavy atom. The fraction of sp³-hybridized carbons (Fsp3) is 0.538. The average molecular weight is 206 g/mol. The number of unbranched alkanes of at least 4 members (excludes halogenated alkanes) is 1. The number of hydrogen-bond acceptors (Lipinski definition) is 2. The van der Waals surface area contributed by atoms with E-state index >= 15 is 0 Å². The standard InChI is InChI=1S/C13H22N2/c1-3-4-11-15(12-10-14-2)13-8-6-5-7-9-13/h5-9,14H,3-4,10-12H2,1-2H3. The SMILES string of the molecule is CCCCN(CCNC)c1ccccc1. The Hall–Kier alpha value is -1.02. The highest BCUT2D eigenvalue weighted by Gasteiger charge is 2.03. The molecule has 0 aliphatic rings. The summed E-state index contributed by atoms with van der Waals surface area (Å²) in [5.74, 6) is 0. The maximum Gasteiger partial charge on any atom is 0.0366 e. The molecule has 0 unspecified atom stereocenters. The lowest BCUT2D eigenvalue weighted by Gasteiger charge is -2.24. The third-order valence-corrected chi connectivity index (χ3v) is 2.53. The third kappa shape index (κ3) is 4.34. The Bertz CT molecular complexity index is 238. The van der Waals surface area contributed by atoms with Crippen molar-refractivity contribution in [3.8, 4) is 0 Å². The Balaban J connectivity index is 2.55. The molecule has 0 spiro atoms. The zero-order valence-corrected chi connectivity index (χ0v) is 9.87. The van der Waals surface area contributed by atoms with Crippen LogP contribution in [0.25, 0.3) is 0 Å². The van der Waals surface area contributed by atoms with Crippen LogP contribution in [-0.2, 0) is 0 Å². The first-order valence-electron chi connectivity index (χ1n) is 5.83. The molecule has 0 saturated carbocycles. The number of anilines is 1. The molecule has 84 valence electrons. The van der Waals surface area contributed by atoms with Crippen molar-refractivity contribution in [3.63, 3.8) is 0 Å². The normalized spacial score (nSPS) is 10.3. The van der Waals surface area contributed by atoms with Gasteiger partial charge in [-0.3, -0.25) is 0 Å². The summed E-state index contributed by atoms with van der Waals surface area (Å²) in [5, 5.41) is 3.20. The van der Waals surface area contributed by atoms with Crippen molar-refractivity contribution < 1.29 is 0 Å². The van der Waals surface area contributed by atoms with E-state index in [0.717, 1.165) is 19.6 Å². The van der Waals surface area contributed by atoms with E-state index in [1.807, 2.05) is 7.05 Å². The minimum absolute atomic E-state index is 1.04. The number of hydrogen-bond donors (Lipinski definition) is 1. The van der Waals surface area contributed by atoms with Crippen LogP contribution in [0.2, 0.25) is 0 Å². The molecule has 0 aliphatic heterocycles. The molecule has 0 atom stereocenters. The van der Waals surface area contributed by atoms with Crippen molar-refractivity contribution in [1.29, 1.82) is 0 Å². The molecule has 15 heavy (non-hydrogen) atoms. The summed E-state index contributed by atoms with van der Waals surface area (Å²) in [6.07, 6.45) is 2.52. The highest BCUT2D eigenvalue weighted by Crippen LogP contribution is 2.13. The number of benzene rings is 1. The van der Waals surface area contributed by atoms with Crippen molar-refractivity contribution in [2.24, 2.45) is 0 Å². The highest BCUT2D eigenvalue weighted by molar-refractivity contribution is 5.45. The number of para-hydroxylation sites is 1. The van der Waals surface area contributed by atoms with Crippen molar-refractivity contribution in [2.75, 3.05) is 31.6 Å². The van der Waals surface area contributed by atoms with Crippen LogP contribution in [0.4, 0.5) is 5.69 Å². The van der Waals surface area contributed by atoms with Gasteiger partial charge in [0.2, 0.25) is 0 Å². The van der Waals surface area contributed by atoms with Crippen LogP contribution in [0.1, 0.15) is 19.8 Å². The van der Waals surface area contributed by atoms with Crippen LogP contribution in [0.15, 0.2) is 30.3 Å². The summed E-state index contributed by atoms with van der Waals surface area (Å²) in [5.41, 5.74) is 1.33. The van der Waals surface area contributed by atoms with Crippen LogP contribution in [0, 0.1) is 0 Å². The summed E-state index contributed by atoms with van der Waals surface area (Å²) in [4.78, 5) is 2.44. The fourth-order valence-electron chi connectivity index (χ4n) is 1.60. The minimum Gasteiger partial charge on any atom is -0.370 e. The third-order valence-electron chi connectivity index (χ3n) is 2.53. The molecular formula is C13H22N2. The van der Waals surface area contributed by atoms with Gasteiger partial charge in [-0.05, 0) is 25.6 Å². The molecule has 1 rings (SSSR count). The van der Waals surface area contributed by atoms with Gasteiger partial charge in [-0.1, -0.05) is 31.5 Å². The van der Waals surface area contributed by atoms with Crippen LogP contribution in [0.5, 0.6) is 0 Å². The van der Waals surface area contributed by atoms with E-state index in [1.54, 1.807) is 0 Å². The van der Waals surface area contributed by atoms with Crippen molar-refractivity contribution >= 4 is 5.69 Å². The molecule has 0 radical (unpaired) electrons. The van der Waals surface area contributed by atoms with E-state index in [4.69, 9.17) is 0 Å². The van der Waals surface area contributed by atoms with Gasteiger partial charge < -0.3 is 10.2 Å². The number of likely N-dealkylation sites (N-methyl/N-ethyl adjacent to an activating group) is 1. The van der Waals surface area contributed by atoms with Gasteiger partial charge in [0.1, 0.15) is 0 Å². The van der Waals surface area contributed by atoms with Crippen LogP contribution in [-0.4, -0.2) is 26.7 Å². The summed E-state index contributed by atoms with van der Waals surface area (Å²) in [7, 11) is 2.00. The average Bonchev–Trinajstić information content (AvgIpc) is 2.30. The van der Waals surface area contributed by atoms with Gasteiger partial charge in [-0.2, -0.15) is 0 Å². The van der Waals surface area contributed by atoms with E-state index < -0.39 is 0 Å². The molecule has 0 aromatic heterocycles. The topological polar surface area (TPSA) is 15.3 Å². The van der Waals surface area contributed by atoms with Crippen LogP contribution in [0.3, 0.4) is 0 Å². The van der Waals surface area contributed by atoms with Crippen molar-refractivity contribution in [1.82, 2.24) is 5.32 Å². The monoisotopic (exact) mass is 206 g/mol. The van der Waals surface area contributed by atoms with Gasteiger partial charge in [0, 0.05) is 25.3 Å². The molecule has 0 saturated heterocycles. The Labute approximate surface area is 93.3 Å². The molecule has 2 heteroatoms. The number of nitrogens with one attached hydrogen (secondary N) is 1. The second-order valence-corrected chi connectivity index (χ2v) is 3.78. The van der Waals surface area contributed by atoms with Gasteiger partial charge in [0.25, 0.3) is 0 Å². The number of rotatable bonds is 7. The van der Waals surface area contributed by atoms with E-state index in [9.17, 15) is 0 Å². The van der Waals surface area contributed by atoms with Gasteiger partial charge in [0.15, 0.2) is 0 Å². The first-order valence-corrected chi connectivity index (χ1v) is 5.83. The van der Waals surface area contributed by atoms with Crippen LogP contribution < -0.4 is 10.2 Å². The maximum atomic E-state index is 3.20. The summed E-state index contributed by atoms with van der Waals surface area (Å²) >= 11 is 0. The summed E-state index contributed by atoms with van der Waals surface area (Å²) < 4.78 is 0. The highest BCUT2D eigenvalue weighted by atomic mass is 15.1. The second-order valence-electron chi connectivity index (χ2n) is 3.78. The maximum absolute atomic E-state index is 3.20. The zero-order chi connectivity index (χ0) is 10.9. The molecule has 2 nitrogen and oxygen atoms in total. The van der Waals surface area contributed by atoms with Gasteiger partial charge in [-0.25, -0.2) is 0 Å². The molecule has 0 fully saturated rings. The number of nitrogens with zero attached hydrogens (tertiary/aromatic N) is 1. The van der Waals surface area contributed by atoms with Crippen molar-refractivity contribution in [2.45, 2.75) is 19.8 Å². The molecule has 1 aromatic rings. The van der Waals surface area contributed by atoms with Gasteiger partial charge in [-0.15, -0.1) is 0 Å². The quantitative estimate of drug-likeness (QED) is 0.737. The summed E-state index contributed by atoms with van der Waals surface area (Å²) in [6, 6.07) is 10.7. The van der Waals surface area contributed by atoms with E-state index in [0.29, 0.717) is 0 Å². The minimum atomic E-state index is 1.04. The first kappa shape index (κ1) is 12.1. The van der Waals surface area contributed by atoms with Crippen LogP contribution >= 0.6 is 0 Å². The Morgan fingerprint density at radius 3 is 2.47 bits per heavy atom. The van der Waals surface area contributed by atoms with E-state index in [-0.39, 0.29) is 0 Å². The van der Waals surface area contributed by atoms with Gasteiger partial charge in [0.05, 0.1) is 0 Å². The fourth-order valence-corrected chi connectivity index (χ4v) is 1.60. The predicted molar refractivity (Wildman–Crippen MR) is 67.5 cm³/mol. The van der Waals surface area contributed by atoms with E-state index in [1.165, 1.54) is 18.5 Å². The predicted octanol–water partition coefficient (Wildman–Crippen LogP) is 2.51. The Kier molecular flexibility index (Phi) is 5.86. The molecular weight excluding hydrogens is 184 g/mol. The molecule has 0 heterocycles. The lowest BCUT2D eigenvalue weighted by molar-refractivity contribution is 0.684. The second kappa shape index (κ2) is 7.30. The smallest absolute Gasteiger partial charge is 0.0366 e. The lowest BCUT2D eigenvalue weighted by atomic mass is 10.2. The van der Waals surface area contributed by atoms with Crippen molar-refractivity contribution in [3.05, 3.63) is 30.3 Å². The molecule has 0 bridgehead atoms. The summed E-state index contributed by atoms with van der Waals surface area (Å²) in [6.45, 7) is 5.52. The Morgan fingerprint density at radius 2 is 1.87 bits per heavy atom. The molecule has 1 N–H and O–H groups in total. The molecule has 0 amide bonds. The van der Waals surface area contributed by atoms with E-state index in [2.05, 4.69) is 47.5 Å². The largest absolute Gasteiger partial charge is 0.370 e. The molecule has 1 aromatic carbocycles. The molecule has 0 aliphatic carbocycles.